The van der Waals surface area contributed by atoms with E-state index in [1.54, 1.807) is 28.9 Å². The van der Waals surface area contributed by atoms with Crippen LogP contribution in [0.5, 0.6) is 5.88 Å². The standard InChI is InChI=1S/C30H27N3OS2/c1-5-24(6-2-22(1)26-11-15-35-19-26)29-30(25-7-3-23(4-8-25)27-12-16-36-20-27)33-28(17-32-29)34-18-21-9-13-31-14-10-21/h1-8,11-12,15-17,19-21,31H,9-10,13-14,18H2. The van der Waals surface area contributed by atoms with Crippen molar-refractivity contribution in [2.75, 3.05) is 19.7 Å². The first-order valence-electron chi connectivity index (χ1n) is 12.3. The number of piperidine rings is 1. The van der Waals surface area contributed by atoms with E-state index in [4.69, 9.17) is 14.7 Å². The van der Waals surface area contributed by atoms with Crippen molar-refractivity contribution >= 4 is 22.7 Å². The lowest BCUT2D eigenvalue weighted by Gasteiger charge is -2.22. The fourth-order valence-electron chi connectivity index (χ4n) is 4.61. The maximum atomic E-state index is 6.15. The van der Waals surface area contributed by atoms with Crippen LogP contribution in [0.15, 0.2) is 88.4 Å². The molecule has 1 N–H and O–H groups in total. The molecule has 0 unspecified atom stereocenters. The van der Waals surface area contributed by atoms with Crippen molar-refractivity contribution in [3.05, 3.63) is 88.4 Å². The quantitative estimate of drug-likeness (QED) is 0.245. The molecule has 0 radical (unpaired) electrons. The molecule has 0 spiro atoms. The van der Waals surface area contributed by atoms with E-state index >= 15 is 0 Å². The van der Waals surface area contributed by atoms with Gasteiger partial charge in [-0.3, -0.25) is 0 Å². The molecule has 0 aliphatic carbocycles. The molecular formula is C30H27N3OS2. The highest BCUT2D eigenvalue weighted by molar-refractivity contribution is 7.08. The van der Waals surface area contributed by atoms with Gasteiger partial charge in [0.05, 0.1) is 18.5 Å². The number of ether oxygens (including phenoxy) is 1. The van der Waals surface area contributed by atoms with Gasteiger partial charge in [0.2, 0.25) is 5.88 Å². The van der Waals surface area contributed by atoms with E-state index in [9.17, 15) is 0 Å². The molecule has 36 heavy (non-hydrogen) atoms. The summed E-state index contributed by atoms with van der Waals surface area (Å²) in [7, 11) is 0. The Hall–Kier alpha value is -3.32. The first-order chi connectivity index (χ1) is 17.8. The van der Waals surface area contributed by atoms with E-state index in [0.29, 0.717) is 18.4 Å². The summed E-state index contributed by atoms with van der Waals surface area (Å²) >= 11 is 3.42. The van der Waals surface area contributed by atoms with Crippen LogP contribution < -0.4 is 10.1 Å². The molecular weight excluding hydrogens is 482 g/mol. The van der Waals surface area contributed by atoms with Crippen molar-refractivity contribution in [2.24, 2.45) is 5.92 Å². The molecule has 3 aromatic heterocycles. The van der Waals surface area contributed by atoms with Crippen LogP contribution in [0, 0.1) is 5.92 Å². The van der Waals surface area contributed by atoms with Crippen molar-refractivity contribution in [1.29, 1.82) is 0 Å². The van der Waals surface area contributed by atoms with E-state index in [1.807, 2.05) is 0 Å². The number of hydrogen-bond acceptors (Lipinski definition) is 6. The highest BCUT2D eigenvalue weighted by Crippen LogP contribution is 2.34. The summed E-state index contributed by atoms with van der Waals surface area (Å²) in [6.45, 7) is 2.80. The molecule has 0 saturated carbocycles. The SMILES string of the molecule is c1cc(-c2ccc(-c3ncc(OCC4CCNCC4)nc3-c3ccc(-c4ccsc4)cc3)cc2)cs1. The highest BCUT2D eigenvalue weighted by Gasteiger charge is 2.17. The molecule has 180 valence electrons. The molecule has 4 heterocycles. The molecule has 1 saturated heterocycles. The van der Waals surface area contributed by atoms with Gasteiger partial charge >= 0.3 is 0 Å². The van der Waals surface area contributed by atoms with Crippen molar-refractivity contribution < 1.29 is 4.74 Å². The third kappa shape index (κ3) is 5.12. The topological polar surface area (TPSA) is 47.0 Å². The molecule has 6 heteroatoms. The monoisotopic (exact) mass is 509 g/mol. The maximum absolute atomic E-state index is 6.15. The molecule has 5 aromatic rings. The summed E-state index contributed by atoms with van der Waals surface area (Å²) in [6.07, 6.45) is 4.05. The Balaban J connectivity index is 1.33. The van der Waals surface area contributed by atoms with Crippen LogP contribution in [0.2, 0.25) is 0 Å². The normalized spacial score (nSPS) is 14.1. The Morgan fingerprint density at radius 1 is 0.694 bits per heavy atom. The van der Waals surface area contributed by atoms with Crippen LogP contribution in [-0.2, 0) is 0 Å². The average Bonchev–Trinajstić information content (AvgIpc) is 3.68. The van der Waals surface area contributed by atoms with Crippen molar-refractivity contribution in [1.82, 2.24) is 15.3 Å². The second-order valence-corrected chi connectivity index (χ2v) is 10.6. The Labute approximate surface area is 219 Å². The minimum atomic E-state index is 0.561. The summed E-state index contributed by atoms with van der Waals surface area (Å²) in [5, 5.41) is 12.0. The smallest absolute Gasteiger partial charge is 0.232 e. The maximum Gasteiger partial charge on any atom is 0.232 e. The van der Waals surface area contributed by atoms with Crippen LogP contribution in [0.25, 0.3) is 44.8 Å². The average molecular weight is 510 g/mol. The zero-order chi connectivity index (χ0) is 24.2. The summed E-state index contributed by atoms with van der Waals surface area (Å²) < 4.78 is 6.15. The van der Waals surface area contributed by atoms with Gasteiger partial charge in [-0.2, -0.15) is 22.7 Å². The van der Waals surface area contributed by atoms with Gasteiger partial charge < -0.3 is 10.1 Å². The van der Waals surface area contributed by atoms with Gasteiger partial charge in [0.25, 0.3) is 0 Å². The Kier molecular flexibility index (Phi) is 6.89. The summed E-state index contributed by atoms with van der Waals surface area (Å²) in [4.78, 5) is 9.83. The van der Waals surface area contributed by atoms with Gasteiger partial charge in [-0.05, 0) is 87.8 Å². The van der Waals surface area contributed by atoms with Crippen molar-refractivity contribution in [3.63, 3.8) is 0 Å². The fourth-order valence-corrected chi connectivity index (χ4v) is 5.94. The second kappa shape index (κ2) is 10.7. The van der Waals surface area contributed by atoms with Crippen molar-refractivity contribution in [2.45, 2.75) is 12.8 Å². The molecule has 1 aliphatic heterocycles. The van der Waals surface area contributed by atoms with Gasteiger partial charge in [-0.25, -0.2) is 9.97 Å². The van der Waals surface area contributed by atoms with Gasteiger partial charge in [0, 0.05) is 11.1 Å². The minimum Gasteiger partial charge on any atom is -0.476 e. The fraction of sp³-hybridized carbons (Fsp3) is 0.200. The third-order valence-corrected chi connectivity index (χ3v) is 8.07. The number of thiophene rings is 2. The van der Waals surface area contributed by atoms with E-state index in [2.05, 4.69) is 87.5 Å². The number of nitrogens with one attached hydrogen (secondary N) is 1. The molecule has 0 atom stereocenters. The second-order valence-electron chi connectivity index (χ2n) is 9.09. The summed E-state index contributed by atoms with van der Waals surface area (Å²) in [6, 6.07) is 21.5. The molecule has 1 aliphatic rings. The predicted octanol–water partition coefficient (Wildman–Crippen LogP) is 7.65. The van der Waals surface area contributed by atoms with Crippen LogP contribution >= 0.6 is 22.7 Å². The number of aromatic nitrogens is 2. The Bertz CT molecular complexity index is 1390. The van der Waals surface area contributed by atoms with Crippen LogP contribution in [0.1, 0.15) is 12.8 Å². The zero-order valence-corrected chi connectivity index (χ0v) is 21.5. The lowest BCUT2D eigenvalue weighted by molar-refractivity contribution is 0.208. The lowest BCUT2D eigenvalue weighted by atomic mass is 9.99. The first kappa shape index (κ1) is 23.1. The van der Waals surface area contributed by atoms with E-state index in [1.165, 1.54) is 22.3 Å². The Morgan fingerprint density at radius 2 is 1.25 bits per heavy atom. The highest BCUT2D eigenvalue weighted by atomic mass is 32.1. The molecule has 4 nitrogen and oxygen atoms in total. The summed E-state index contributed by atoms with van der Waals surface area (Å²) in [5.74, 6) is 1.15. The van der Waals surface area contributed by atoms with Gasteiger partial charge in [0.15, 0.2) is 0 Å². The molecule has 1 fully saturated rings. The minimum absolute atomic E-state index is 0.561. The van der Waals surface area contributed by atoms with Gasteiger partial charge in [-0.1, -0.05) is 48.5 Å². The van der Waals surface area contributed by atoms with Gasteiger partial charge in [-0.15, -0.1) is 0 Å². The Morgan fingerprint density at radius 3 is 1.81 bits per heavy atom. The predicted molar refractivity (Wildman–Crippen MR) is 151 cm³/mol. The molecule has 0 amide bonds. The van der Waals surface area contributed by atoms with Crippen LogP contribution in [0.3, 0.4) is 0 Å². The van der Waals surface area contributed by atoms with Crippen molar-refractivity contribution in [3.8, 4) is 50.6 Å². The van der Waals surface area contributed by atoms with Gasteiger partial charge in [0.1, 0.15) is 5.69 Å². The number of hydrogen-bond donors (Lipinski definition) is 1. The molecule has 2 aromatic carbocycles. The largest absolute Gasteiger partial charge is 0.476 e. The lowest BCUT2D eigenvalue weighted by Crippen LogP contribution is -2.30. The number of nitrogens with zero attached hydrogens (tertiary/aromatic N) is 2. The number of rotatable bonds is 7. The number of benzene rings is 2. The summed E-state index contributed by atoms with van der Waals surface area (Å²) in [5.41, 5.74) is 8.67. The van der Waals surface area contributed by atoms with E-state index < -0.39 is 0 Å². The van der Waals surface area contributed by atoms with E-state index in [-0.39, 0.29) is 0 Å². The molecule has 0 bridgehead atoms. The zero-order valence-electron chi connectivity index (χ0n) is 19.9. The van der Waals surface area contributed by atoms with Crippen LogP contribution in [-0.4, -0.2) is 29.7 Å². The first-order valence-corrected chi connectivity index (χ1v) is 14.2. The third-order valence-electron chi connectivity index (χ3n) is 6.70. The molecule has 6 rings (SSSR count). The van der Waals surface area contributed by atoms with E-state index in [0.717, 1.165) is 48.4 Å². The van der Waals surface area contributed by atoms with Crippen LogP contribution in [0.4, 0.5) is 0 Å².